The molecule has 28 heavy (non-hydrogen) atoms. The molecule has 0 bridgehead atoms. The van der Waals surface area contributed by atoms with E-state index >= 15 is 0 Å². The number of rotatable bonds is 2. The van der Waals surface area contributed by atoms with Crippen molar-refractivity contribution in [3.63, 3.8) is 0 Å². The number of nitriles is 1. The lowest BCUT2D eigenvalue weighted by atomic mass is 9.70. The van der Waals surface area contributed by atoms with Gasteiger partial charge in [0.05, 0.1) is 16.8 Å². The molecule has 0 radical (unpaired) electrons. The van der Waals surface area contributed by atoms with Crippen LogP contribution in [-0.2, 0) is 20.5 Å². The highest BCUT2D eigenvalue weighted by atomic mass is 32.1. The minimum absolute atomic E-state index is 0.437. The molecular weight excluding hydrogens is 375 g/mol. The summed E-state index contributed by atoms with van der Waals surface area (Å²) in [6.07, 6.45) is 3.16. The Balaban J connectivity index is 1.93. The maximum Gasteiger partial charge on any atom is 0.495 e. The molecule has 1 aromatic rings. The Morgan fingerprint density at radius 2 is 1.89 bits per heavy atom. The highest BCUT2D eigenvalue weighted by Gasteiger charge is 2.53. The number of allylic oxidation sites excluding steroid dienone is 1. The molecule has 2 aliphatic rings. The number of nitrogens with zero attached hydrogens (tertiary/aromatic N) is 1. The summed E-state index contributed by atoms with van der Waals surface area (Å²) in [4.78, 5) is 13.3. The first kappa shape index (κ1) is 20.9. The molecule has 0 saturated carbocycles. The molecule has 1 aliphatic carbocycles. The zero-order chi connectivity index (χ0) is 20.9. The second-order valence-electron chi connectivity index (χ2n) is 9.13. The number of nitrogens with one attached hydrogen (secondary N) is 1. The van der Waals surface area contributed by atoms with Gasteiger partial charge in [-0.25, -0.2) is 4.79 Å². The number of amides is 1. The SMILES string of the molecule is CC(C)(C)OC(=O)Nc1sc2c(c1C#N)C(B1OC(C)(C)C(C)(C)O1)=CCC2. The van der Waals surface area contributed by atoms with E-state index in [0.717, 1.165) is 28.8 Å². The Hall–Kier alpha value is -1.82. The van der Waals surface area contributed by atoms with Gasteiger partial charge in [-0.05, 0) is 66.8 Å². The molecule has 1 N–H and O–H groups in total. The molecule has 2 heterocycles. The monoisotopic (exact) mass is 402 g/mol. The second-order valence-corrected chi connectivity index (χ2v) is 10.2. The molecule has 1 amide bonds. The summed E-state index contributed by atoms with van der Waals surface area (Å²) < 4.78 is 17.8. The number of hydrogen-bond donors (Lipinski definition) is 1. The van der Waals surface area contributed by atoms with Crippen LogP contribution in [0.1, 0.15) is 70.9 Å². The van der Waals surface area contributed by atoms with Crippen LogP contribution in [0.5, 0.6) is 0 Å². The molecule has 1 aromatic heterocycles. The van der Waals surface area contributed by atoms with E-state index in [0.29, 0.717) is 10.6 Å². The summed E-state index contributed by atoms with van der Waals surface area (Å²) in [6.45, 7) is 13.4. The maximum absolute atomic E-state index is 12.2. The first-order valence-electron chi connectivity index (χ1n) is 9.46. The second kappa shape index (κ2) is 6.91. The van der Waals surface area contributed by atoms with Crippen LogP contribution < -0.4 is 5.32 Å². The smallest absolute Gasteiger partial charge is 0.444 e. The lowest BCUT2D eigenvalue weighted by Crippen LogP contribution is -2.41. The highest BCUT2D eigenvalue weighted by Crippen LogP contribution is 2.46. The van der Waals surface area contributed by atoms with Gasteiger partial charge in [0, 0.05) is 10.4 Å². The fourth-order valence-corrected chi connectivity index (χ4v) is 4.37. The Kier molecular flexibility index (Phi) is 5.16. The fraction of sp³-hybridized carbons (Fsp3) is 0.600. The van der Waals surface area contributed by atoms with E-state index in [1.165, 1.54) is 11.3 Å². The van der Waals surface area contributed by atoms with Crippen LogP contribution in [0.15, 0.2) is 6.08 Å². The largest absolute Gasteiger partial charge is 0.495 e. The van der Waals surface area contributed by atoms with Crippen LogP contribution in [0.25, 0.3) is 5.47 Å². The van der Waals surface area contributed by atoms with Gasteiger partial charge >= 0.3 is 13.2 Å². The Bertz CT molecular complexity index is 858. The van der Waals surface area contributed by atoms with Crippen LogP contribution in [0.3, 0.4) is 0 Å². The average molecular weight is 402 g/mol. The van der Waals surface area contributed by atoms with Gasteiger partial charge in [0.15, 0.2) is 0 Å². The van der Waals surface area contributed by atoms with E-state index < -0.39 is 30.0 Å². The first-order valence-corrected chi connectivity index (χ1v) is 10.3. The highest BCUT2D eigenvalue weighted by molar-refractivity contribution is 7.17. The Labute approximate surface area is 171 Å². The van der Waals surface area contributed by atoms with E-state index in [1.54, 1.807) is 20.8 Å². The molecule has 3 rings (SSSR count). The van der Waals surface area contributed by atoms with Crippen molar-refractivity contribution in [2.75, 3.05) is 5.32 Å². The molecule has 1 fully saturated rings. The van der Waals surface area contributed by atoms with E-state index in [1.807, 2.05) is 27.7 Å². The Morgan fingerprint density at radius 3 is 2.43 bits per heavy atom. The third kappa shape index (κ3) is 3.84. The van der Waals surface area contributed by atoms with Gasteiger partial charge in [-0.2, -0.15) is 5.26 Å². The normalized spacial score (nSPS) is 20.2. The minimum atomic E-state index is -0.610. The molecule has 6 nitrogen and oxygen atoms in total. The van der Waals surface area contributed by atoms with Crippen LogP contribution in [0, 0.1) is 11.3 Å². The van der Waals surface area contributed by atoms with Crippen molar-refractivity contribution in [1.82, 2.24) is 0 Å². The number of anilines is 1. The van der Waals surface area contributed by atoms with Crippen molar-refractivity contribution in [3.8, 4) is 6.07 Å². The van der Waals surface area contributed by atoms with Crippen molar-refractivity contribution in [2.24, 2.45) is 0 Å². The van der Waals surface area contributed by atoms with Gasteiger partial charge in [-0.3, -0.25) is 5.32 Å². The summed E-state index contributed by atoms with van der Waals surface area (Å²) in [5.41, 5.74) is 0.592. The predicted octanol–water partition coefficient (Wildman–Crippen LogP) is 4.93. The first-order chi connectivity index (χ1) is 12.8. The van der Waals surface area contributed by atoms with Gasteiger partial charge < -0.3 is 14.0 Å². The van der Waals surface area contributed by atoms with Crippen LogP contribution in [0.2, 0.25) is 0 Å². The zero-order valence-electron chi connectivity index (χ0n) is 17.6. The predicted molar refractivity (Wildman–Crippen MR) is 111 cm³/mol. The van der Waals surface area contributed by atoms with Crippen LogP contribution in [0.4, 0.5) is 9.80 Å². The van der Waals surface area contributed by atoms with Gasteiger partial charge in [-0.1, -0.05) is 6.08 Å². The fourth-order valence-electron chi connectivity index (χ4n) is 3.20. The van der Waals surface area contributed by atoms with Gasteiger partial charge in [0.1, 0.15) is 16.7 Å². The molecule has 8 heteroatoms. The third-order valence-corrected chi connectivity index (χ3v) is 6.40. The van der Waals surface area contributed by atoms with Crippen LogP contribution >= 0.6 is 11.3 Å². The van der Waals surface area contributed by atoms with Crippen molar-refractivity contribution < 1.29 is 18.8 Å². The molecule has 1 aliphatic heterocycles. The number of thiophene rings is 1. The average Bonchev–Trinajstić information content (AvgIpc) is 2.98. The van der Waals surface area contributed by atoms with Crippen molar-refractivity contribution in [2.45, 2.75) is 78.1 Å². The van der Waals surface area contributed by atoms with Gasteiger partial charge in [0.25, 0.3) is 0 Å². The standard InChI is InChI=1S/C20H27BN2O4S/c1-18(2,3)25-17(24)23-16-12(11-22)15-13(9-8-10-14(15)28-16)21-26-19(4,5)20(6,7)27-21/h9H,8,10H2,1-7H3,(H,23,24). The van der Waals surface area contributed by atoms with E-state index in [4.69, 9.17) is 14.0 Å². The van der Waals surface area contributed by atoms with E-state index in [9.17, 15) is 10.1 Å². The van der Waals surface area contributed by atoms with E-state index in [-0.39, 0.29) is 0 Å². The molecular formula is C20H27BN2O4S. The summed E-state index contributed by atoms with van der Waals surface area (Å²) in [7, 11) is -0.542. The number of hydrogen-bond acceptors (Lipinski definition) is 6. The summed E-state index contributed by atoms with van der Waals surface area (Å²) >= 11 is 1.42. The van der Waals surface area contributed by atoms with Crippen molar-refractivity contribution in [1.29, 1.82) is 5.26 Å². The molecule has 1 saturated heterocycles. The summed E-state index contributed by atoms with van der Waals surface area (Å²) in [6, 6.07) is 2.26. The molecule has 150 valence electrons. The minimum Gasteiger partial charge on any atom is -0.444 e. The Morgan fingerprint density at radius 1 is 1.29 bits per heavy atom. The van der Waals surface area contributed by atoms with Gasteiger partial charge in [-0.15, -0.1) is 11.3 Å². The van der Waals surface area contributed by atoms with Crippen molar-refractivity contribution in [3.05, 3.63) is 22.1 Å². The van der Waals surface area contributed by atoms with Crippen LogP contribution in [-0.4, -0.2) is 30.0 Å². The van der Waals surface area contributed by atoms with E-state index in [2.05, 4.69) is 17.5 Å². The lowest BCUT2D eigenvalue weighted by molar-refractivity contribution is 0.00578. The van der Waals surface area contributed by atoms with Crippen molar-refractivity contribution >= 4 is 35.0 Å². The quantitative estimate of drug-likeness (QED) is 0.710. The third-order valence-electron chi connectivity index (χ3n) is 5.24. The van der Waals surface area contributed by atoms with Gasteiger partial charge in [0.2, 0.25) is 0 Å². The molecule has 0 spiro atoms. The molecule has 0 unspecified atom stereocenters. The summed E-state index contributed by atoms with van der Waals surface area (Å²) in [5.74, 6) is 0. The molecule has 0 atom stereocenters. The lowest BCUT2D eigenvalue weighted by Gasteiger charge is -2.32. The number of fused-ring (bicyclic) bond motifs is 1. The maximum atomic E-state index is 12.2. The number of carbonyl (C=O) groups excluding carboxylic acids is 1. The number of ether oxygens (including phenoxy) is 1. The number of carbonyl (C=O) groups is 1. The molecule has 0 aromatic carbocycles. The number of aryl methyl sites for hydroxylation is 1. The topological polar surface area (TPSA) is 80.6 Å². The summed E-state index contributed by atoms with van der Waals surface area (Å²) in [5, 5.41) is 13.1. The zero-order valence-corrected chi connectivity index (χ0v) is 18.4.